The van der Waals surface area contributed by atoms with Crippen molar-refractivity contribution in [2.75, 3.05) is 7.05 Å². The average molecular weight is 259 g/mol. The first-order chi connectivity index (χ1) is 9.20. The van der Waals surface area contributed by atoms with Crippen molar-refractivity contribution in [1.29, 1.82) is 0 Å². The number of hydrogen-bond acceptors (Lipinski definition) is 1. The zero-order valence-electron chi connectivity index (χ0n) is 10.7. The van der Waals surface area contributed by atoms with E-state index >= 15 is 0 Å². The summed E-state index contributed by atoms with van der Waals surface area (Å²) in [6.45, 7) is 0. The molecule has 0 saturated heterocycles. The lowest BCUT2D eigenvalue weighted by Gasteiger charge is -2.36. The Morgan fingerprint density at radius 2 is 1.95 bits per heavy atom. The van der Waals surface area contributed by atoms with Crippen LogP contribution < -0.4 is 5.32 Å². The van der Waals surface area contributed by atoms with Crippen LogP contribution in [0, 0.1) is 11.6 Å². The molecule has 1 aliphatic rings. The van der Waals surface area contributed by atoms with Gasteiger partial charge < -0.3 is 5.32 Å². The van der Waals surface area contributed by atoms with Crippen LogP contribution in [0.5, 0.6) is 0 Å². The number of benzene rings is 2. The van der Waals surface area contributed by atoms with E-state index in [9.17, 15) is 8.78 Å². The summed E-state index contributed by atoms with van der Waals surface area (Å²) >= 11 is 0. The molecule has 0 aromatic heterocycles. The van der Waals surface area contributed by atoms with Gasteiger partial charge in [-0.2, -0.15) is 0 Å². The first-order valence-electron chi connectivity index (χ1n) is 6.40. The fourth-order valence-electron chi connectivity index (χ4n) is 2.92. The minimum atomic E-state index is -0.399. The molecule has 0 aliphatic heterocycles. The van der Waals surface area contributed by atoms with Crippen LogP contribution in [0.1, 0.15) is 28.7 Å². The minimum absolute atomic E-state index is 0.189. The molecule has 0 heterocycles. The van der Waals surface area contributed by atoms with Gasteiger partial charge in [0, 0.05) is 17.5 Å². The van der Waals surface area contributed by atoms with E-state index in [1.165, 1.54) is 23.3 Å². The summed E-state index contributed by atoms with van der Waals surface area (Å²) < 4.78 is 27.2. The summed E-state index contributed by atoms with van der Waals surface area (Å²) in [4.78, 5) is 0. The van der Waals surface area contributed by atoms with Crippen LogP contribution >= 0.6 is 0 Å². The predicted octanol–water partition coefficient (Wildman–Crippen LogP) is 3.57. The van der Waals surface area contributed by atoms with Crippen molar-refractivity contribution in [2.45, 2.75) is 18.4 Å². The normalized spacial score (nSPS) is 18.6. The smallest absolute Gasteiger partial charge is 0.128 e. The van der Waals surface area contributed by atoms with Crippen molar-refractivity contribution in [3.05, 3.63) is 70.8 Å². The van der Waals surface area contributed by atoms with Gasteiger partial charge in [-0.25, -0.2) is 8.78 Å². The second-order valence-electron chi connectivity index (χ2n) is 4.94. The summed E-state index contributed by atoms with van der Waals surface area (Å²) in [5.74, 6) is -0.549. The highest BCUT2D eigenvalue weighted by Crippen LogP contribution is 2.43. The van der Waals surface area contributed by atoms with Crippen LogP contribution in [0.2, 0.25) is 0 Å². The van der Waals surface area contributed by atoms with E-state index in [1.54, 1.807) is 7.05 Å². The third-order valence-electron chi connectivity index (χ3n) is 3.90. The van der Waals surface area contributed by atoms with Crippen molar-refractivity contribution in [1.82, 2.24) is 5.32 Å². The molecule has 1 aliphatic carbocycles. The summed E-state index contributed by atoms with van der Waals surface area (Å²) in [5.41, 5.74) is 2.93. The number of rotatable bonds is 3. The van der Waals surface area contributed by atoms with Gasteiger partial charge in [0.1, 0.15) is 11.6 Å². The molecule has 3 heteroatoms. The Labute approximate surface area is 111 Å². The highest BCUT2D eigenvalue weighted by molar-refractivity contribution is 5.43. The SMILES string of the molecule is CNC(c1cc(F)ccc1F)C1Cc2ccccc21. The van der Waals surface area contributed by atoms with Gasteiger partial charge in [-0.05, 0) is 42.8 Å². The molecule has 0 saturated carbocycles. The molecule has 1 nitrogen and oxygen atoms in total. The largest absolute Gasteiger partial charge is 0.312 e. The van der Waals surface area contributed by atoms with Gasteiger partial charge in [0.25, 0.3) is 0 Å². The predicted molar refractivity (Wildman–Crippen MR) is 71.0 cm³/mol. The summed E-state index contributed by atoms with van der Waals surface area (Å²) in [7, 11) is 1.79. The van der Waals surface area contributed by atoms with Crippen molar-refractivity contribution in [3.63, 3.8) is 0 Å². The molecule has 2 atom stereocenters. The second-order valence-corrected chi connectivity index (χ2v) is 4.94. The number of nitrogens with one attached hydrogen (secondary N) is 1. The summed E-state index contributed by atoms with van der Waals surface area (Å²) in [6, 6.07) is 11.6. The van der Waals surface area contributed by atoms with Crippen LogP contribution in [-0.4, -0.2) is 7.05 Å². The van der Waals surface area contributed by atoms with E-state index in [4.69, 9.17) is 0 Å². The van der Waals surface area contributed by atoms with Crippen LogP contribution in [0.25, 0.3) is 0 Å². The lowest BCUT2D eigenvalue weighted by Crippen LogP contribution is -2.32. The Morgan fingerprint density at radius 3 is 2.68 bits per heavy atom. The van der Waals surface area contributed by atoms with Crippen LogP contribution in [-0.2, 0) is 6.42 Å². The zero-order chi connectivity index (χ0) is 13.4. The monoisotopic (exact) mass is 259 g/mol. The summed E-state index contributed by atoms with van der Waals surface area (Å²) in [6.07, 6.45) is 0.900. The Morgan fingerprint density at radius 1 is 1.16 bits per heavy atom. The fraction of sp³-hybridized carbons (Fsp3) is 0.250. The molecule has 2 aromatic carbocycles. The maximum absolute atomic E-state index is 13.9. The maximum Gasteiger partial charge on any atom is 0.128 e. The standard InChI is InChI=1S/C16H15F2N/c1-19-16(14-9-11(17)6-7-15(14)18)13-8-10-4-2-3-5-12(10)13/h2-7,9,13,16,19H,8H2,1H3. The van der Waals surface area contributed by atoms with Crippen molar-refractivity contribution in [2.24, 2.45) is 0 Å². The lowest BCUT2D eigenvalue weighted by atomic mass is 9.71. The average Bonchev–Trinajstić information content (AvgIpc) is 2.39. The first-order valence-corrected chi connectivity index (χ1v) is 6.40. The Balaban J connectivity index is 1.97. The molecule has 0 amide bonds. The second kappa shape index (κ2) is 4.74. The van der Waals surface area contributed by atoms with E-state index in [0.29, 0.717) is 5.56 Å². The van der Waals surface area contributed by atoms with Crippen LogP contribution in [0.4, 0.5) is 8.78 Å². The van der Waals surface area contributed by atoms with Gasteiger partial charge in [0.2, 0.25) is 0 Å². The van der Waals surface area contributed by atoms with Gasteiger partial charge >= 0.3 is 0 Å². The molecule has 0 bridgehead atoms. The zero-order valence-corrected chi connectivity index (χ0v) is 10.7. The molecule has 3 rings (SSSR count). The van der Waals surface area contributed by atoms with E-state index in [1.807, 2.05) is 12.1 Å². The minimum Gasteiger partial charge on any atom is -0.312 e. The number of hydrogen-bond donors (Lipinski definition) is 1. The maximum atomic E-state index is 13.9. The quantitative estimate of drug-likeness (QED) is 0.888. The summed E-state index contributed by atoms with van der Waals surface area (Å²) in [5, 5.41) is 3.12. The molecule has 0 spiro atoms. The third kappa shape index (κ3) is 2.04. The van der Waals surface area contributed by atoms with E-state index in [-0.39, 0.29) is 17.8 Å². The number of fused-ring (bicyclic) bond motifs is 1. The van der Waals surface area contributed by atoms with Gasteiger partial charge in [0.05, 0.1) is 0 Å². The first kappa shape index (κ1) is 12.3. The molecule has 98 valence electrons. The third-order valence-corrected chi connectivity index (χ3v) is 3.90. The fourth-order valence-corrected chi connectivity index (χ4v) is 2.92. The van der Waals surface area contributed by atoms with Gasteiger partial charge in [-0.3, -0.25) is 0 Å². The Kier molecular flexibility index (Phi) is 3.07. The highest BCUT2D eigenvalue weighted by atomic mass is 19.1. The molecule has 2 unspecified atom stereocenters. The van der Waals surface area contributed by atoms with Crippen molar-refractivity contribution in [3.8, 4) is 0 Å². The van der Waals surface area contributed by atoms with Crippen LogP contribution in [0.15, 0.2) is 42.5 Å². The van der Waals surface area contributed by atoms with E-state index in [2.05, 4.69) is 17.4 Å². The van der Waals surface area contributed by atoms with E-state index < -0.39 is 5.82 Å². The van der Waals surface area contributed by atoms with Crippen molar-refractivity contribution >= 4 is 0 Å². The van der Waals surface area contributed by atoms with Crippen LogP contribution in [0.3, 0.4) is 0 Å². The van der Waals surface area contributed by atoms with E-state index in [0.717, 1.165) is 12.5 Å². The Bertz CT molecular complexity index is 609. The molecule has 1 N–H and O–H groups in total. The topological polar surface area (TPSA) is 12.0 Å². The molecule has 0 radical (unpaired) electrons. The van der Waals surface area contributed by atoms with Gasteiger partial charge in [-0.1, -0.05) is 24.3 Å². The molecular formula is C16H15F2N. The number of halogens is 2. The molecule has 0 fully saturated rings. The molecule has 2 aromatic rings. The van der Waals surface area contributed by atoms with Gasteiger partial charge in [-0.15, -0.1) is 0 Å². The van der Waals surface area contributed by atoms with Crippen molar-refractivity contribution < 1.29 is 8.78 Å². The molecule has 19 heavy (non-hydrogen) atoms. The van der Waals surface area contributed by atoms with Gasteiger partial charge in [0.15, 0.2) is 0 Å². The molecular weight excluding hydrogens is 244 g/mol. The Hall–Kier alpha value is -1.74. The number of likely N-dealkylation sites (N-methyl/N-ethyl adjacent to an activating group) is 1. The highest BCUT2D eigenvalue weighted by Gasteiger charge is 2.34. The lowest BCUT2D eigenvalue weighted by molar-refractivity contribution is 0.419.